The number of urea groups is 1. The Kier molecular flexibility index (Phi) is 6.04. The van der Waals surface area contributed by atoms with E-state index in [0.717, 1.165) is 24.0 Å². The summed E-state index contributed by atoms with van der Waals surface area (Å²) in [7, 11) is 0. The third kappa shape index (κ3) is 4.81. The third-order valence-corrected chi connectivity index (χ3v) is 4.66. The number of nitrogens with zero attached hydrogens (tertiary/aromatic N) is 1. The number of nitrogens with one attached hydrogen (secondary N) is 1. The van der Waals surface area contributed by atoms with Crippen LogP contribution in [0.1, 0.15) is 30.1 Å². The number of hydrogen-bond acceptors (Lipinski definition) is 3. The van der Waals surface area contributed by atoms with Crippen LogP contribution >= 0.6 is 0 Å². The van der Waals surface area contributed by atoms with E-state index in [1.807, 2.05) is 60.7 Å². The number of carbonyl (C=O) groups excluding carboxylic acids is 1. The van der Waals surface area contributed by atoms with Gasteiger partial charge >= 0.3 is 6.03 Å². The van der Waals surface area contributed by atoms with Crippen molar-refractivity contribution < 1.29 is 14.7 Å². The van der Waals surface area contributed by atoms with E-state index in [4.69, 9.17) is 4.84 Å². The van der Waals surface area contributed by atoms with Crippen molar-refractivity contribution in [3.63, 3.8) is 0 Å². The average Bonchev–Trinajstić information content (AvgIpc) is 2.69. The molecule has 1 atom stereocenters. The van der Waals surface area contributed by atoms with Crippen molar-refractivity contribution in [3.05, 3.63) is 71.8 Å². The molecule has 0 bridgehead atoms. The highest BCUT2D eigenvalue weighted by Gasteiger charge is 2.28. The first-order chi connectivity index (χ1) is 12.2. The number of rotatable bonds is 5. The first kappa shape index (κ1) is 17.5. The number of amides is 2. The summed E-state index contributed by atoms with van der Waals surface area (Å²) in [6, 6.07) is 19.2. The van der Waals surface area contributed by atoms with E-state index in [1.54, 1.807) is 4.90 Å². The number of aliphatic hydroxyl groups excluding tert-OH is 1. The number of likely N-dealkylation sites (tertiary alicyclic amines) is 1. The molecular weight excluding hydrogens is 316 g/mol. The lowest BCUT2D eigenvalue weighted by Gasteiger charge is -2.34. The maximum Gasteiger partial charge on any atom is 0.341 e. The van der Waals surface area contributed by atoms with Gasteiger partial charge in [0.15, 0.2) is 0 Å². The minimum Gasteiger partial charge on any atom is -0.388 e. The summed E-state index contributed by atoms with van der Waals surface area (Å²) in [5, 5.41) is 10.5. The second-order valence-corrected chi connectivity index (χ2v) is 6.36. The molecule has 132 valence electrons. The van der Waals surface area contributed by atoms with Crippen molar-refractivity contribution >= 4 is 6.03 Å². The molecule has 5 heteroatoms. The minimum absolute atomic E-state index is 0.177. The van der Waals surface area contributed by atoms with Crippen molar-refractivity contribution in [2.24, 2.45) is 5.92 Å². The smallest absolute Gasteiger partial charge is 0.341 e. The second-order valence-electron chi connectivity index (χ2n) is 6.36. The summed E-state index contributed by atoms with van der Waals surface area (Å²) in [5.41, 5.74) is 4.45. The fourth-order valence-electron chi connectivity index (χ4n) is 3.16. The van der Waals surface area contributed by atoms with Gasteiger partial charge in [-0.2, -0.15) is 0 Å². The van der Waals surface area contributed by atoms with Crippen LogP contribution in [0.2, 0.25) is 0 Å². The second kappa shape index (κ2) is 8.65. The molecule has 5 nitrogen and oxygen atoms in total. The molecule has 1 aliphatic heterocycles. The number of hydrogen-bond donors (Lipinski definition) is 2. The Hall–Kier alpha value is -2.37. The minimum atomic E-state index is -0.472. The first-order valence-corrected chi connectivity index (χ1v) is 8.67. The normalized spacial score (nSPS) is 16.4. The van der Waals surface area contributed by atoms with Crippen molar-refractivity contribution in [1.29, 1.82) is 0 Å². The molecule has 0 aliphatic carbocycles. The van der Waals surface area contributed by atoms with Gasteiger partial charge in [-0.3, -0.25) is 4.84 Å². The molecule has 25 heavy (non-hydrogen) atoms. The van der Waals surface area contributed by atoms with Crippen LogP contribution in [0.15, 0.2) is 60.7 Å². The van der Waals surface area contributed by atoms with Crippen LogP contribution in [0.5, 0.6) is 0 Å². The molecule has 1 heterocycles. The predicted octanol–water partition coefficient (Wildman–Crippen LogP) is 3.27. The third-order valence-electron chi connectivity index (χ3n) is 4.66. The van der Waals surface area contributed by atoms with Crippen molar-refractivity contribution in [2.45, 2.75) is 25.6 Å². The summed E-state index contributed by atoms with van der Waals surface area (Å²) in [6.45, 7) is 1.58. The van der Waals surface area contributed by atoms with Gasteiger partial charge in [-0.05, 0) is 29.9 Å². The van der Waals surface area contributed by atoms with E-state index < -0.39 is 6.10 Å². The van der Waals surface area contributed by atoms with Gasteiger partial charge in [0.05, 0.1) is 12.7 Å². The lowest BCUT2D eigenvalue weighted by atomic mass is 9.87. The van der Waals surface area contributed by atoms with Crippen LogP contribution in [0.25, 0.3) is 0 Å². The largest absolute Gasteiger partial charge is 0.388 e. The zero-order valence-corrected chi connectivity index (χ0v) is 14.2. The maximum absolute atomic E-state index is 12.2. The van der Waals surface area contributed by atoms with Gasteiger partial charge < -0.3 is 10.0 Å². The van der Waals surface area contributed by atoms with Gasteiger partial charge in [-0.25, -0.2) is 10.3 Å². The van der Waals surface area contributed by atoms with Gasteiger partial charge in [-0.15, -0.1) is 0 Å². The monoisotopic (exact) mass is 340 g/mol. The highest BCUT2D eigenvalue weighted by atomic mass is 16.7. The Morgan fingerprint density at radius 2 is 1.68 bits per heavy atom. The first-order valence-electron chi connectivity index (χ1n) is 8.67. The van der Waals surface area contributed by atoms with E-state index in [2.05, 4.69) is 5.48 Å². The zero-order chi connectivity index (χ0) is 17.5. The summed E-state index contributed by atoms with van der Waals surface area (Å²) in [4.78, 5) is 19.2. The Morgan fingerprint density at radius 3 is 2.32 bits per heavy atom. The lowest BCUT2D eigenvalue weighted by Crippen LogP contribution is -2.45. The Bertz CT molecular complexity index is 655. The maximum atomic E-state index is 12.2. The van der Waals surface area contributed by atoms with Crippen molar-refractivity contribution in [1.82, 2.24) is 10.4 Å². The molecule has 1 aliphatic rings. The van der Waals surface area contributed by atoms with Gasteiger partial charge in [0.2, 0.25) is 0 Å². The number of hydroxylamine groups is 1. The predicted molar refractivity (Wildman–Crippen MR) is 95.5 cm³/mol. The molecule has 0 radical (unpaired) electrons. The van der Waals surface area contributed by atoms with Gasteiger partial charge in [0.25, 0.3) is 0 Å². The van der Waals surface area contributed by atoms with Crippen LogP contribution in [-0.2, 0) is 11.4 Å². The molecule has 1 fully saturated rings. The highest BCUT2D eigenvalue weighted by Crippen LogP contribution is 2.30. The van der Waals surface area contributed by atoms with Crippen LogP contribution in [-0.4, -0.2) is 29.1 Å². The number of carbonyl (C=O) groups is 1. The fraction of sp³-hybridized carbons (Fsp3) is 0.350. The quantitative estimate of drug-likeness (QED) is 0.821. The topological polar surface area (TPSA) is 61.8 Å². The molecule has 0 spiro atoms. The molecule has 2 N–H and O–H groups in total. The number of benzene rings is 2. The molecule has 2 aromatic carbocycles. The van der Waals surface area contributed by atoms with Crippen LogP contribution in [0, 0.1) is 5.92 Å². The van der Waals surface area contributed by atoms with Crippen LogP contribution in [0.4, 0.5) is 4.79 Å². The van der Waals surface area contributed by atoms with Crippen LogP contribution in [0.3, 0.4) is 0 Å². The summed E-state index contributed by atoms with van der Waals surface area (Å²) in [6.07, 6.45) is 1.09. The van der Waals surface area contributed by atoms with E-state index >= 15 is 0 Å². The molecule has 3 rings (SSSR count). The molecule has 2 amide bonds. The molecule has 0 unspecified atom stereocenters. The van der Waals surface area contributed by atoms with E-state index in [9.17, 15) is 9.90 Å². The molecule has 2 aromatic rings. The molecular formula is C20H24N2O3. The highest BCUT2D eigenvalue weighted by molar-refractivity contribution is 5.73. The SMILES string of the molecule is O=C(NOCc1ccccc1)N1CCC([C@H](O)c2ccccc2)CC1. The van der Waals surface area contributed by atoms with Crippen LogP contribution < -0.4 is 5.48 Å². The van der Waals surface area contributed by atoms with Gasteiger partial charge in [0.1, 0.15) is 0 Å². The van der Waals surface area contributed by atoms with Gasteiger partial charge in [-0.1, -0.05) is 60.7 Å². The van der Waals surface area contributed by atoms with E-state index in [-0.39, 0.29) is 11.9 Å². The van der Waals surface area contributed by atoms with Gasteiger partial charge in [0, 0.05) is 13.1 Å². The summed E-state index contributed by atoms with van der Waals surface area (Å²) in [5.74, 6) is 0.177. The number of piperidine rings is 1. The standard InChI is InChI=1S/C20H24N2O3/c23-19(17-9-5-2-6-10-17)18-11-13-22(14-12-18)20(24)21-25-15-16-7-3-1-4-8-16/h1-10,18-19,23H,11-15H2,(H,21,24)/t19-/m1/s1. The Morgan fingerprint density at radius 1 is 1.08 bits per heavy atom. The molecule has 1 saturated heterocycles. The molecule has 0 saturated carbocycles. The average molecular weight is 340 g/mol. The Labute approximate surface area is 148 Å². The lowest BCUT2D eigenvalue weighted by molar-refractivity contribution is 0.0243. The Balaban J connectivity index is 1.41. The summed E-state index contributed by atoms with van der Waals surface area (Å²) >= 11 is 0. The summed E-state index contributed by atoms with van der Waals surface area (Å²) < 4.78 is 0. The van der Waals surface area contributed by atoms with Crippen molar-refractivity contribution in [3.8, 4) is 0 Å². The fourth-order valence-corrected chi connectivity index (χ4v) is 3.16. The van der Waals surface area contributed by atoms with E-state index in [0.29, 0.717) is 19.7 Å². The zero-order valence-electron chi connectivity index (χ0n) is 14.2. The number of aliphatic hydroxyl groups is 1. The van der Waals surface area contributed by atoms with Crippen molar-refractivity contribution in [2.75, 3.05) is 13.1 Å². The van der Waals surface area contributed by atoms with E-state index in [1.165, 1.54) is 0 Å². The molecule has 0 aromatic heterocycles.